The maximum atomic E-state index is 11.9. The summed E-state index contributed by atoms with van der Waals surface area (Å²) in [4.78, 5) is 14.7. The number of amides is 1. The first-order valence-electron chi connectivity index (χ1n) is 4.67. The Kier molecular flexibility index (Phi) is 3.76. The lowest BCUT2D eigenvalue weighted by atomic mass is 10.3. The fourth-order valence-corrected chi connectivity index (χ4v) is 2.13. The minimum absolute atomic E-state index is 0.300. The van der Waals surface area contributed by atoms with E-state index >= 15 is 0 Å². The molecule has 0 aliphatic carbocycles. The standard InChI is InChI=1S/C11H7BrCl2N2O/c12-6-4-9(15-5-6)11(17)16-10-7(13)2-1-3-8(10)14/h1-5,15H,(H,16,17). The van der Waals surface area contributed by atoms with Crippen LogP contribution < -0.4 is 5.32 Å². The zero-order chi connectivity index (χ0) is 12.4. The quantitative estimate of drug-likeness (QED) is 0.843. The molecule has 0 spiro atoms. The highest BCUT2D eigenvalue weighted by Gasteiger charge is 2.12. The first-order valence-corrected chi connectivity index (χ1v) is 6.22. The van der Waals surface area contributed by atoms with E-state index in [2.05, 4.69) is 26.2 Å². The summed E-state index contributed by atoms with van der Waals surface area (Å²) >= 11 is 15.1. The Labute approximate surface area is 116 Å². The summed E-state index contributed by atoms with van der Waals surface area (Å²) in [5.74, 6) is -0.300. The molecule has 3 nitrogen and oxygen atoms in total. The van der Waals surface area contributed by atoms with Crippen LogP contribution in [0, 0.1) is 0 Å². The monoisotopic (exact) mass is 332 g/mol. The number of carbonyl (C=O) groups is 1. The van der Waals surface area contributed by atoms with Gasteiger partial charge in [-0.1, -0.05) is 29.3 Å². The molecule has 0 aliphatic heterocycles. The summed E-state index contributed by atoms with van der Waals surface area (Å²) in [5.41, 5.74) is 0.833. The van der Waals surface area contributed by atoms with Crippen LogP contribution in [0.2, 0.25) is 10.0 Å². The molecule has 0 radical (unpaired) electrons. The third-order valence-electron chi connectivity index (χ3n) is 2.09. The van der Waals surface area contributed by atoms with E-state index in [-0.39, 0.29) is 5.91 Å². The zero-order valence-electron chi connectivity index (χ0n) is 8.43. The van der Waals surface area contributed by atoms with Crippen molar-refractivity contribution in [3.63, 3.8) is 0 Å². The SMILES string of the molecule is O=C(Nc1c(Cl)cccc1Cl)c1cc(Br)c[nH]1. The number of aromatic nitrogens is 1. The first kappa shape index (κ1) is 12.5. The molecule has 0 aliphatic rings. The number of aromatic amines is 1. The molecule has 17 heavy (non-hydrogen) atoms. The Morgan fingerprint density at radius 2 is 1.94 bits per heavy atom. The fraction of sp³-hybridized carbons (Fsp3) is 0. The number of H-pyrrole nitrogens is 1. The number of para-hydroxylation sites is 1. The number of halogens is 3. The zero-order valence-corrected chi connectivity index (χ0v) is 11.5. The third kappa shape index (κ3) is 2.83. The van der Waals surface area contributed by atoms with Gasteiger partial charge in [0.1, 0.15) is 5.69 Å². The van der Waals surface area contributed by atoms with Crippen LogP contribution in [-0.4, -0.2) is 10.9 Å². The van der Waals surface area contributed by atoms with Gasteiger partial charge < -0.3 is 10.3 Å². The van der Waals surface area contributed by atoms with Gasteiger partial charge in [-0.3, -0.25) is 4.79 Å². The lowest BCUT2D eigenvalue weighted by Crippen LogP contribution is -2.12. The van der Waals surface area contributed by atoms with Crippen LogP contribution in [0.1, 0.15) is 10.5 Å². The number of nitrogens with one attached hydrogen (secondary N) is 2. The summed E-state index contributed by atoms with van der Waals surface area (Å²) in [6.07, 6.45) is 1.67. The molecule has 2 N–H and O–H groups in total. The molecule has 0 saturated heterocycles. The summed E-state index contributed by atoms with van der Waals surface area (Å²) in [7, 11) is 0. The molecule has 0 atom stereocenters. The largest absolute Gasteiger partial charge is 0.356 e. The van der Waals surface area contributed by atoms with Gasteiger partial charge >= 0.3 is 0 Å². The van der Waals surface area contributed by atoms with Crippen LogP contribution in [0.4, 0.5) is 5.69 Å². The van der Waals surface area contributed by atoms with Crippen molar-refractivity contribution in [1.29, 1.82) is 0 Å². The Bertz CT molecular complexity index is 548. The van der Waals surface area contributed by atoms with Crippen molar-refractivity contribution in [2.45, 2.75) is 0 Å². The number of carbonyl (C=O) groups excluding carboxylic acids is 1. The van der Waals surface area contributed by atoms with Crippen molar-refractivity contribution in [2.24, 2.45) is 0 Å². The Hall–Kier alpha value is -0.970. The number of benzene rings is 1. The predicted molar refractivity (Wildman–Crippen MR) is 72.9 cm³/mol. The molecule has 0 bridgehead atoms. The molecular weight excluding hydrogens is 327 g/mol. The number of hydrogen-bond acceptors (Lipinski definition) is 1. The number of rotatable bonds is 2. The average Bonchev–Trinajstić information content (AvgIpc) is 2.70. The third-order valence-corrected chi connectivity index (χ3v) is 3.18. The molecule has 1 aromatic carbocycles. The van der Waals surface area contributed by atoms with Crippen molar-refractivity contribution in [3.05, 3.63) is 50.7 Å². The minimum Gasteiger partial charge on any atom is -0.356 e. The Morgan fingerprint density at radius 1 is 1.29 bits per heavy atom. The average molecular weight is 334 g/mol. The molecule has 1 amide bonds. The molecule has 1 heterocycles. The Morgan fingerprint density at radius 3 is 2.47 bits per heavy atom. The van der Waals surface area contributed by atoms with Gasteiger partial charge in [0, 0.05) is 10.7 Å². The minimum atomic E-state index is -0.300. The molecular formula is C11H7BrCl2N2O. The van der Waals surface area contributed by atoms with E-state index in [1.54, 1.807) is 30.5 Å². The molecule has 88 valence electrons. The molecule has 6 heteroatoms. The van der Waals surface area contributed by atoms with Crippen molar-refractivity contribution >= 4 is 50.7 Å². The van der Waals surface area contributed by atoms with E-state index in [4.69, 9.17) is 23.2 Å². The van der Waals surface area contributed by atoms with Gasteiger partial charge in [-0.25, -0.2) is 0 Å². The normalized spacial score (nSPS) is 10.3. The van der Waals surface area contributed by atoms with E-state index in [0.717, 1.165) is 4.47 Å². The van der Waals surface area contributed by atoms with E-state index < -0.39 is 0 Å². The van der Waals surface area contributed by atoms with Gasteiger partial charge in [0.15, 0.2) is 0 Å². The second kappa shape index (κ2) is 5.12. The van der Waals surface area contributed by atoms with Crippen LogP contribution in [-0.2, 0) is 0 Å². The highest BCUT2D eigenvalue weighted by molar-refractivity contribution is 9.10. The van der Waals surface area contributed by atoms with E-state index in [0.29, 0.717) is 21.4 Å². The molecule has 0 saturated carbocycles. The summed E-state index contributed by atoms with van der Waals surface area (Å²) in [6, 6.07) is 6.70. The lowest BCUT2D eigenvalue weighted by molar-refractivity contribution is 0.102. The lowest BCUT2D eigenvalue weighted by Gasteiger charge is -2.07. The van der Waals surface area contributed by atoms with Crippen LogP contribution in [0.3, 0.4) is 0 Å². The van der Waals surface area contributed by atoms with Crippen LogP contribution in [0.15, 0.2) is 34.9 Å². The van der Waals surface area contributed by atoms with Gasteiger partial charge in [-0.2, -0.15) is 0 Å². The van der Waals surface area contributed by atoms with Crippen molar-refractivity contribution < 1.29 is 4.79 Å². The molecule has 0 fully saturated rings. The second-order valence-corrected chi connectivity index (χ2v) is 5.01. The van der Waals surface area contributed by atoms with Gasteiger partial charge in [0.2, 0.25) is 0 Å². The second-order valence-electron chi connectivity index (χ2n) is 3.28. The summed E-state index contributed by atoms with van der Waals surface area (Å²) < 4.78 is 0.799. The molecule has 2 rings (SSSR count). The fourth-order valence-electron chi connectivity index (χ4n) is 1.30. The van der Waals surface area contributed by atoms with Crippen molar-refractivity contribution in [1.82, 2.24) is 4.98 Å². The van der Waals surface area contributed by atoms with Gasteiger partial charge in [-0.05, 0) is 34.1 Å². The van der Waals surface area contributed by atoms with Crippen LogP contribution >= 0.6 is 39.1 Å². The highest BCUT2D eigenvalue weighted by atomic mass is 79.9. The number of anilines is 1. The maximum Gasteiger partial charge on any atom is 0.272 e. The van der Waals surface area contributed by atoms with Gasteiger partial charge in [0.05, 0.1) is 15.7 Å². The van der Waals surface area contributed by atoms with E-state index in [1.807, 2.05) is 0 Å². The maximum absolute atomic E-state index is 11.9. The van der Waals surface area contributed by atoms with Crippen molar-refractivity contribution in [3.8, 4) is 0 Å². The van der Waals surface area contributed by atoms with E-state index in [1.165, 1.54) is 0 Å². The summed E-state index contributed by atoms with van der Waals surface area (Å²) in [5, 5.41) is 3.45. The summed E-state index contributed by atoms with van der Waals surface area (Å²) in [6.45, 7) is 0. The van der Waals surface area contributed by atoms with Gasteiger partial charge in [-0.15, -0.1) is 0 Å². The Balaban J connectivity index is 2.24. The van der Waals surface area contributed by atoms with Crippen molar-refractivity contribution in [2.75, 3.05) is 5.32 Å². The van der Waals surface area contributed by atoms with Crippen LogP contribution in [0.25, 0.3) is 0 Å². The van der Waals surface area contributed by atoms with E-state index in [9.17, 15) is 4.79 Å². The first-order chi connectivity index (χ1) is 8.08. The van der Waals surface area contributed by atoms with Gasteiger partial charge in [0.25, 0.3) is 5.91 Å². The highest BCUT2D eigenvalue weighted by Crippen LogP contribution is 2.30. The topological polar surface area (TPSA) is 44.9 Å². The molecule has 1 aromatic heterocycles. The smallest absolute Gasteiger partial charge is 0.272 e. The molecule has 2 aromatic rings. The molecule has 0 unspecified atom stereocenters. The predicted octanol–water partition coefficient (Wildman–Crippen LogP) is 4.34. The van der Waals surface area contributed by atoms with Crippen LogP contribution in [0.5, 0.6) is 0 Å². The number of hydrogen-bond donors (Lipinski definition) is 2.